The van der Waals surface area contributed by atoms with E-state index in [0.717, 1.165) is 22.4 Å². The lowest BCUT2D eigenvalue weighted by Gasteiger charge is -2.29. The van der Waals surface area contributed by atoms with Gasteiger partial charge in [0.2, 0.25) is 0 Å². The third-order valence-electron chi connectivity index (χ3n) is 6.57. The van der Waals surface area contributed by atoms with Gasteiger partial charge in [-0.1, -0.05) is 42.5 Å². The molecule has 5 rings (SSSR count). The monoisotopic (exact) mass is 564 g/mol. The fraction of sp³-hybridized carbons (Fsp3) is 0.121. The number of hydrogen-bond donors (Lipinski definition) is 1. The van der Waals surface area contributed by atoms with E-state index in [9.17, 15) is 9.59 Å². The van der Waals surface area contributed by atoms with Crippen molar-refractivity contribution in [2.24, 2.45) is 0 Å². The van der Waals surface area contributed by atoms with Gasteiger partial charge < -0.3 is 14.2 Å². The predicted octanol–water partition coefficient (Wildman–Crippen LogP) is 6.51. The quantitative estimate of drug-likeness (QED) is 0.149. The first-order valence-electron chi connectivity index (χ1n) is 12.9. The molecular weight excluding hydrogens is 536 g/mol. The van der Waals surface area contributed by atoms with Gasteiger partial charge in [0.25, 0.3) is 11.8 Å². The van der Waals surface area contributed by atoms with Crippen LogP contribution in [0.4, 0.5) is 5.69 Å². The average Bonchev–Trinajstić information content (AvgIpc) is 2.96. The Bertz CT molecular complexity index is 1630. The van der Waals surface area contributed by atoms with Crippen LogP contribution in [0.2, 0.25) is 0 Å². The van der Waals surface area contributed by atoms with Gasteiger partial charge in [0.15, 0.2) is 5.11 Å². The third-order valence-corrected chi connectivity index (χ3v) is 6.86. The molecule has 1 saturated heterocycles. The van der Waals surface area contributed by atoms with Crippen LogP contribution in [0.5, 0.6) is 23.0 Å². The molecule has 1 aliphatic rings. The van der Waals surface area contributed by atoms with Crippen molar-refractivity contribution in [2.75, 3.05) is 12.0 Å². The molecule has 1 aliphatic heterocycles. The second-order valence-electron chi connectivity index (χ2n) is 9.45. The van der Waals surface area contributed by atoms with E-state index in [0.29, 0.717) is 28.5 Å². The minimum atomic E-state index is -0.565. The summed E-state index contributed by atoms with van der Waals surface area (Å²) in [6.07, 6.45) is 1.54. The molecule has 0 aliphatic carbocycles. The van der Waals surface area contributed by atoms with E-state index < -0.39 is 11.8 Å². The van der Waals surface area contributed by atoms with Crippen molar-refractivity contribution in [3.63, 3.8) is 0 Å². The van der Waals surface area contributed by atoms with E-state index in [-0.39, 0.29) is 17.3 Å². The van der Waals surface area contributed by atoms with Crippen molar-refractivity contribution in [3.8, 4) is 23.0 Å². The van der Waals surface area contributed by atoms with E-state index >= 15 is 0 Å². The number of ether oxygens (including phenoxy) is 3. The van der Waals surface area contributed by atoms with Gasteiger partial charge in [-0.25, -0.2) is 0 Å². The summed E-state index contributed by atoms with van der Waals surface area (Å²) < 4.78 is 17.5. The SMILES string of the molecule is COc1ccc(C=C2C(=O)NC(=S)N(c3ccc(Oc4ccccc4)cc3)C2=O)cc1COc1c(C)cccc1C. The minimum absolute atomic E-state index is 0.00583. The van der Waals surface area contributed by atoms with Crippen molar-refractivity contribution in [2.45, 2.75) is 20.5 Å². The van der Waals surface area contributed by atoms with Gasteiger partial charge in [-0.15, -0.1) is 0 Å². The van der Waals surface area contributed by atoms with Crippen LogP contribution >= 0.6 is 12.2 Å². The lowest BCUT2D eigenvalue weighted by molar-refractivity contribution is -0.122. The molecule has 0 aromatic heterocycles. The molecule has 0 spiro atoms. The zero-order chi connectivity index (χ0) is 28.9. The first-order chi connectivity index (χ1) is 19.8. The first-order valence-corrected chi connectivity index (χ1v) is 13.3. The lowest BCUT2D eigenvalue weighted by atomic mass is 10.0. The van der Waals surface area contributed by atoms with Crippen molar-refractivity contribution in [1.82, 2.24) is 5.32 Å². The normalized spacial score (nSPS) is 14.2. The molecule has 4 aromatic carbocycles. The predicted molar refractivity (Wildman–Crippen MR) is 162 cm³/mol. The Morgan fingerprint density at radius 2 is 1.54 bits per heavy atom. The smallest absolute Gasteiger partial charge is 0.270 e. The van der Waals surface area contributed by atoms with Crippen molar-refractivity contribution in [1.29, 1.82) is 0 Å². The first kappa shape index (κ1) is 27.6. The minimum Gasteiger partial charge on any atom is -0.496 e. The second-order valence-corrected chi connectivity index (χ2v) is 9.83. The zero-order valence-corrected chi connectivity index (χ0v) is 23.7. The van der Waals surface area contributed by atoms with Gasteiger partial charge in [-0.05, 0) is 97.4 Å². The van der Waals surface area contributed by atoms with E-state index in [2.05, 4.69) is 5.32 Å². The van der Waals surface area contributed by atoms with Crippen LogP contribution in [-0.2, 0) is 16.2 Å². The zero-order valence-electron chi connectivity index (χ0n) is 22.8. The average molecular weight is 565 g/mol. The Morgan fingerprint density at radius 3 is 2.22 bits per heavy atom. The number of carbonyl (C=O) groups is 2. The number of amides is 2. The number of thiocarbonyl (C=S) groups is 1. The van der Waals surface area contributed by atoms with E-state index in [4.69, 9.17) is 26.4 Å². The molecule has 1 heterocycles. The lowest BCUT2D eigenvalue weighted by Crippen LogP contribution is -2.54. The fourth-order valence-corrected chi connectivity index (χ4v) is 4.81. The molecule has 7 nitrogen and oxygen atoms in total. The maximum absolute atomic E-state index is 13.5. The summed E-state index contributed by atoms with van der Waals surface area (Å²) in [5.74, 6) is 1.65. The Kier molecular flexibility index (Phi) is 8.12. The van der Waals surface area contributed by atoms with Crippen molar-refractivity contribution < 1.29 is 23.8 Å². The topological polar surface area (TPSA) is 77.1 Å². The number of hydrogen-bond acceptors (Lipinski definition) is 6. The largest absolute Gasteiger partial charge is 0.496 e. The van der Waals surface area contributed by atoms with Crippen LogP contribution in [-0.4, -0.2) is 24.0 Å². The summed E-state index contributed by atoms with van der Waals surface area (Å²) in [5.41, 5.74) is 3.93. The molecule has 4 aromatic rings. The van der Waals surface area contributed by atoms with Crippen LogP contribution in [0, 0.1) is 13.8 Å². The summed E-state index contributed by atoms with van der Waals surface area (Å²) in [7, 11) is 1.59. The summed E-state index contributed by atoms with van der Waals surface area (Å²) in [4.78, 5) is 27.7. The summed E-state index contributed by atoms with van der Waals surface area (Å²) in [6, 6.07) is 27.7. The van der Waals surface area contributed by atoms with Gasteiger partial charge in [0.1, 0.15) is 35.2 Å². The number of para-hydroxylation sites is 2. The molecule has 0 atom stereocenters. The maximum atomic E-state index is 13.5. The maximum Gasteiger partial charge on any atom is 0.270 e. The number of aryl methyl sites for hydroxylation is 2. The number of anilines is 1. The van der Waals surface area contributed by atoms with Gasteiger partial charge in [0, 0.05) is 5.56 Å². The highest BCUT2D eigenvalue weighted by atomic mass is 32.1. The molecule has 1 N–H and O–H groups in total. The number of rotatable bonds is 8. The van der Waals surface area contributed by atoms with Crippen molar-refractivity contribution >= 4 is 40.9 Å². The van der Waals surface area contributed by atoms with E-state index in [1.807, 2.05) is 68.4 Å². The van der Waals surface area contributed by atoms with Gasteiger partial charge in [0.05, 0.1) is 12.8 Å². The molecule has 0 unspecified atom stereocenters. The van der Waals surface area contributed by atoms with Crippen LogP contribution in [0.25, 0.3) is 6.08 Å². The van der Waals surface area contributed by atoms with Gasteiger partial charge >= 0.3 is 0 Å². The third kappa shape index (κ3) is 6.13. The van der Waals surface area contributed by atoms with Gasteiger partial charge in [-0.2, -0.15) is 0 Å². The fourth-order valence-electron chi connectivity index (χ4n) is 4.52. The molecule has 1 fully saturated rings. The molecule has 0 saturated carbocycles. The van der Waals surface area contributed by atoms with Crippen LogP contribution in [0.3, 0.4) is 0 Å². The molecular formula is C33H28N2O5S. The number of nitrogens with one attached hydrogen (secondary N) is 1. The molecule has 8 heteroatoms. The Labute approximate surface area is 244 Å². The number of benzene rings is 4. The summed E-state index contributed by atoms with van der Waals surface area (Å²) in [6.45, 7) is 4.24. The van der Waals surface area contributed by atoms with Gasteiger partial charge in [-0.3, -0.25) is 19.8 Å². The highest BCUT2D eigenvalue weighted by Crippen LogP contribution is 2.29. The van der Waals surface area contributed by atoms with Crippen LogP contribution < -0.4 is 24.4 Å². The Morgan fingerprint density at radius 1 is 0.854 bits per heavy atom. The molecule has 2 amide bonds. The highest BCUT2D eigenvalue weighted by molar-refractivity contribution is 7.80. The van der Waals surface area contributed by atoms with Crippen LogP contribution in [0.1, 0.15) is 22.3 Å². The van der Waals surface area contributed by atoms with Crippen LogP contribution in [0.15, 0.2) is 96.6 Å². The summed E-state index contributed by atoms with van der Waals surface area (Å²) >= 11 is 5.36. The standard InChI is InChI=1S/C33H28N2O5S/c1-21-8-7-9-22(2)30(21)39-20-24-18-23(12-17-29(24)38-3)19-28-31(36)34-33(41)35(32(28)37)25-13-15-27(16-14-25)40-26-10-5-4-6-11-26/h4-19H,20H2,1-3H3,(H,34,36,41). The second kappa shape index (κ2) is 12.1. The molecule has 206 valence electrons. The summed E-state index contributed by atoms with van der Waals surface area (Å²) in [5, 5.41) is 2.63. The molecule has 0 bridgehead atoms. The number of methoxy groups -OCH3 is 1. The Balaban J connectivity index is 1.39. The van der Waals surface area contributed by atoms with E-state index in [1.54, 1.807) is 49.6 Å². The highest BCUT2D eigenvalue weighted by Gasteiger charge is 2.34. The molecule has 41 heavy (non-hydrogen) atoms. The van der Waals surface area contributed by atoms with E-state index in [1.165, 1.54) is 4.90 Å². The Hall–Kier alpha value is -4.95. The van der Waals surface area contributed by atoms with Crippen molar-refractivity contribution in [3.05, 3.63) is 119 Å². The number of carbonyl (C=O) groups excluding carboxylic acids is 2. The number of nitrogens with zero attached hydrogens (tertiary/aromatic N) is 1. The molecule has 0 radical (unpaired) electrons.